The molecule has 0 spiro atoms. The number of fused-ring (bicyclic) bond motifs is 7. The first kappa shape index (κ1) is 27.9. The summed E-state index contributed by atoms with van der Waals surface area (Å²) < 4.78 is 8.68. The molecule has 0 aliphatic rings. The maximum absolute atomic E-state index is 6.10. The van der Waals surface area contributed by atoms with Gasteiger partial charge in [0, 0.05) is 37.6 Å². The number of furan rings is 1. The van der Waals surface area contributed by atoms with Crippen molar-refractivity contribution in [3.63, 3.8) is 0 Å². The summed E-state index contributed by atoms with van der Waals surface area (Å²) in [7, 11) is 0. The van der Waals surface area contributed by atoms with Crippen LogP contribution in [0.2, 0.25) is 0 Å². The Morgan fingerprint density at radius 2 is 0.980 bits per heavy atom. The Morgan fingerprint density at radius 3 is 1.76 bits per heavy atom. The van der Waals surface area contributed by atoms with Crippen molar-refractivity contribution in [1.29, 1.82) is 0 Å². The molecule has 10 aromatic rings. The third-order valence-corrected chi connectivity index (χ3v) is 10.8. The molecule has 230 valence electrons. The molecular formula is C46H29NOS. The summed E-state index contributed by atoms with van der Waals surface area (Å²) >= 11 is 1.87. The zero-order valence-electron chi connectivity index (χ0n) is 26.5. The Bertz CT molecular complexity index is 2810. The smallest absolute Gasteiger partial charge is 0.135 e. The summed E-state index contributed by atoms with van der Waals surface area (Å²) in [6, 6.07) is 63.3. The minimum Gasteiger partial charge on any atom is -0.456 e. The van der Waals surface area contributed by atoms with E-state index in [4.69, 9.17) is 4.42 Å². The number of thiophene rings is 1. The highest BCUT2D eigenvalue weighted by molar-refractivity contribution is 7.26. The van der Waals surface area contributed by atoms with Gasteiger partial charge >= 0.3 is 0 Å². The number of hydrogen-bond donors (Lipinski definition) is 0. The maximum Gasteiger partial charge on any atom is 0.135 e. The monoisotopic (exact) mass is 643 g/mol. The summed E-state index contributed by atoms with van der Waals surface area (Å²) in [6.07, 6.45) is 0. The Morgan fingerprint density at radius 1 is 0.388 bits per heavy atom. The van der Waals surface area contributed by atoms with Crippen LogP contribution in [0.4, 0.5) is 17.1 Å². The first-order chi connectivity index (χ1) is 24.3. The molecule has 2 nitrogen and oxygen atoms in total. The van der Waals surface area contributed by atoms with Crippen molar-refractivity contribution in [2.75, 3.05) is 4.90 Å². The Balaban J connectivity index is 1.12. The average molecular weight is 644 g/mol. The average Bonchev–Trinajstić information content (AvgIpc) is 3.73. The van der Waals surface area contributed by atoms with E-state index in [0.29, 0.717) is 0 Å². The number of para-hydroxylation sites is 1. The normalized spacial score (nSPS) is 11.7. The number of anilines is 3. The molecule has 8 aromatic carbocycles. The third kappa shape index (κ3) is 4.70. The van der Waals surface area contributed by atoms with Crippen LogP contribution in [0.25, 0.3) is 75.1 Å². The van der Waals surface area contributed by atoms with Gasteiger partial charge in [-0.1, -0.05) is 115 Å². The van der Waals surface area contributed by atoms with Gasteiger partial charge in [-0.3, -0.25) is 0 Å². The van der Waals surface area contributed by atoms with Crippen molar-refractivity contribution in [1.82, 2.24) is 0 Å². The molecule has 0 saturated carbocycles. The lowest BCUT2D eigenvalue weighted by Gasteiger charge is -2.26. The molecule has 3 heteroatoms. The van der Waals surface area contributed by atoms with Gasteiger partial charge in [0.1, 0.15) is 11.2 Å². The van der Waals surface area contributed by atoms with Gasteiger partial charge in [-0.2, -0.15) is 0 Å². The zero-order chi connectivity index (χ0) is 32.3. The summed E-state index contributed by atoms with van der Waals surface area (Å²) in [4.78, 5) is 2.41. The fourth-order valence-electron chi connectivity index (χ4n) is 7.21. The lowest BCUT2D eigenvalue weighted by Crippen LogP contribution is -2.10. The van der Waals surface area contributed by atoms with Crippen molar-refractivity contribution in [2.45, 2.75) is 0 Å². The predicted octanol–water partition coefficient (Wildman–Crippen LogP) is 13.9. The highest BCUT2D eigenvalue weighted by Crippen LogP contribution is 2.46. The van der Waals surface area contributed by atoms with E-state index in [1.807, 2.05) is 23.5 Å². The predicted molar refractivity (Wildman–Crippen MR) is 210 cm³/mol. The van der Waals surface area contributed by atoms with E-state index in [2.05, 4.69) is 169 Å². The second-order valence-corrected chi connectivity index (χ2v) is 13.6. The van der Waals surface area contributed by atoms with Crippen LogP contribution < -0.4 is 4.90 Å². The van der Waals surface area contributed by atoms with E-state index >= 15 is 0 Å². The first-order valence-electron chi connectivity index (χ1n) is 16.6. The van der Waals surface area contributed by atoms with Gasteiger partial charge in [0.2, 0.25) is 0 Å². The highest BCUT2D eigenvalue weighted by atomic mass is 32.1. The second-order valence-electron chi connectivity index (χ2n) is 12.6. The van der Waals surface area contributed by atoms with Crippen LogP contribution in [-0.4, -0.2) is 0 Å². The molecule has 0 radical (unpaired) electrons. The molecule has 0 fully saturated rings. The van der Waals surface area contributed by atoms with E-state index in [1.165, 1.54) is 58.9 Å². The van der Waals surface area contributed by atoms with E-state index in [0.717, 1.165) is 33.3 Å². The minimum absolute atomic E-state index is 0.913. The largest absolute Gasteiger partial charge is 0.456 e. The fraction of sp³-hybridized carbons (Fsp3) is 0. The molecule has 0 amide bonds. The Kier molecular flexibility index (Phi) is 6.39. The van der Waals surface area contributed by atoms with Gasteiger partial charge in [-0.15, -0.1) is 11.3 Å². The first-order valence-corrected chi connectivity index (χ1v) is 17.4. The SMILES string of the molecule is c1ccc(-c2ccc(N(c3ccc(-c4ccc5oc6ccccc6c5c4)cc3)c3cccc4c3sc3cc5ccccc5cc34)cc2)cc1. The number of rotatable bonds is 5. The van der Waals surface area contributed by atoms with Crippen molar-refractivity contribution in [3.8, 4) is 22.3 Å². The molecule has 0 atom stereocenters. The maximum atomic E-state index is 6.10. The lowest BCUT2D eigenvalue weighted by molar-refractivity contribution is 0.669. The molecule has 0 aliphatic heterocycles. The molecule has 2 heterocycles. The van der Waals surface area contributed by atoms with Gasteiger partial charge in [0.05, 0.1) is 10.4 Å². The van der Waals surface area contributed by atoms with Gasteiger partial charge < -0.3 is 9.32 Å². The molecule has 0 saturated heterocycles. The molecule has 10 rings (SSSR count). The van der Waals surface area contributed by atoms with E-state index < -0.39 is 0 Å². The zero-order valence-corrected chi connectivity index (χ0v) is 27.3. The lowest BCUT2D eigenvalue weighted by atomic mass is 10.0. The van der Waals surface area contributed by atoms with Crippen molar-refractivity contribution in [3.05, 3.63) is 176 Å². The topological polar surface area (TPSA) is 16.4 Å². The summed E-state index contributed by atoms with van der Waals surface area (Å²) in [5, 5.41) is 7.41. The summed E-state index contributed by atoms with van der Waals surface area (Å²) in [5.41, 5.74) is 9.99. The van der Waals surface area contributed by atoms with Crippen LogP contribution in [0.5, 0.6) is 0 Å². The van der Waals surface area contributed by atoms with Crippen molar-refractivity contribution in [2.24, 2.45) is 0 Å². The molecule has 2 aromatic heterocycles. The van der Waals surface area contributed by atoms with Gasteiger partial charge in [-0.25, -0.2) is 0 Å². The Hall–Kier alpha value is -6.16. The fourth-order valence-corrected chi connectivity index (χ4v) is 8.45. The van der Waals surface area contributed by atoms with Crippen LogP contribution in [0, 0.1) is 0 Å². The third-order valence-electron chi connectivity index (χ3n) is 9.65. The summed E-state index contributed by atoms with van der Waals surface area (Å²) in [5.74, 6) is 0. The van der Waals surface area contributed by atoms with Crippen molar-refractivity contribution < 1.29 is 4.42 Å². The molecule has 0 unspecified atom stereocenters. The van der Waals surface area contributed by atoms with Gasteiger partial charge in [0.25, 0.3) is 0 Å². The number of nitrogens with zero attached hydrogens (tertiary/aromatic N) is 1. The quantitative estimate of drug-likeness (QED) is 0.186. The van der Waals surface area contributed by atoms with Crippen LogP contribution >= 0.6 is 11.3 Å². The molecule has 0 bridgehead atoms. The van der Waals surface area contributed by atoms with E-state index in [9.17, 15) is 0 Å². The Labute approximate surface area is 287 Å². The van der Waals surface area contributed by atoms with E-state index in [-0.39, 0.29) is 0 Å². The minimum atomic E-state index is 0.913. The molecular weight excluding hydrogens is 615 g/mol. The summed E-state index contributed by atoms with van der Waals surface area (Å²) in [6.45, 7) is 0. The van der Waals surface area contributed by atoms with Crippen LogP contribution in [0.15, 0.2) is 180 Å². The van der Waals surface area contributed by atoms with E-state index in [1.54, 1.807) is 0 Å². The second kappa shape index (κ2) is 11.2. The van der Waals surface area contributed by atoms with Gasteiger partial charge in [-0.05, 0) is 93.7 Å². The van der Waals surface area contributed by atoms with Crippen LogP contribution in [-0.2, 0) is 0 Å². The van der Waals surface area contributed by atoms with Crippen LogP contribution in [0.3, 0.4) is 0 Å². The van der Waals surface area contributed by atoms with Crippen molar-refractivity contribution >= 4 is 81.3 Å². The molecule has 0 aliphatic carbocycles. The van der Waals surface area contributed by atoms with Crippen LogP contribution in [0.1, 0.15) is 0 Å². The molecule has 0 N–H and O–H groups in total. The molecule has 49 heavy (non-hydrogen) atoms. The van der Waals surface area contributed by atoms with Gasteiger partial charge in [0.15, 0.2) is 0 Å². The number of benzene rings is 8. The highest BCUT2D eigenvalue weighted by Gasteiger charge is 2.19. The standard InChI is InChI=1S/C46H29NOS/c1-2-9-30(10-3-1)31-17-22-36(23-18-31)47(42-15-8-14-39-41-28-33-11-4-5-12-34(33)29-45(41)49-46(39)42)37-24-19-32(20-25-37)35-21-26-44-40(27-35)38-13-6-7-16-43(38)48-44/h1-29H. The number of hydrogen-bond acceptors (Lipinski definition) is 3.